The lowest BCUT2D eigenvalue weighted by atomic mass is 9.84. The third-order valence-corrected chi connectivity index (χ3v) is 6.88. The third kappa shape index (κ3) is 7.27. The van der Waals surface area contributed by atoms with Crippen LogP contribution >= 0.6 is 0 Å². The van der Waals surface area contributed by atoms with E-state index in [0.29, 0.717) is 17.0 Å². The first-order chi connectivity index (χ1) is 16.6. The van der Waals surface area contributed by atoms with Crippen molar-refractivity contribution in [2.45, 2.75) is 84.1 Å². The van der Waals surface area contributed by atoms with Crippen LogP contribution in [0.1, 0.15) is 104 Å². The van der Waals surface area contributed by atoms with Crippen molar-refractivity contribution in [3.63, 3.8) is 0 Å². The van der Waals surface area contributed by atoms with Crippen molar-refractivity contribution >= 4 is 17.7 Å². The van der Waals surface area contributed by atoms with Gasteiger partial charge in [-0.2, -0.15) is 0 Å². The number of rotatable bonds is 8. The van der Waals surface area contributed by atoms with Crippen LogP contribution in [0.2, 0.25) is 0 Å². The van der Waals surface area contributed by atoms with Gasteiger partial charge in [0.1, 0.15) is 6.04 Å². The maximum absolute atomic E-state index is 12.8. The highest BCUT2D eigenvalue weighted by Crippen LogP contribution is 2.32. The number of esters is 1. The monoisotopic (exact) mass is 477 g/mol. The first kappa shape index (κ1) is 26.7. The predicted octanol–water partition coefficient (Wildman–Crippen LogP) is 6.21. The molecule has 0 aliphatic heterocycles. The van der Waals surface area contributed by atoms with E-state index < -0.39 is 12.0 Å². The summed E-state index contributed by atoms with van der Waals surface area (Å²) in [6.07, 6.45) is 6.23. The van der Waals surface area contributed by atoms with Crippen molar-refractivity contribution in [2.75, 3.05) is 6.61 Å². The zero-order valence-electron chi connectivity index (χ0n) is 21.7. The molecule has 2 aromatic carbocycles. The van der Waals surface area contributed by atoms with Crippen LogP contribution in [-0.2, 0) is 14.9 Å². The molecule has 0 aromatic heterocycles. The first-order valence-corrected chi connectivity index (χ1v) is 12.8. The Bertz CT molecular complexity index is 1010. The Kier molecular flexibility index (Phi) is 8.87. The van der Waals surface area contributed by atoms with E-state index in [1.165, 1.54) is 37.7 Å². The molecule has 35 heavy (non-hydrogen) atoms. The molecular formula is C30H39NO4. The number of Topliss-reactive ketones (excluding diaryl/α,β-unsaturated/α-hetero) is 1. The maximum Gasteiger partial charge on any atom is 0.329 e. The highest BCUT2D eigenvalue weighted by atomic mass is 16.5. The molecule has 0 spiro atoms. The van der Waals surface area contributed by atoms with Crippen molar-refractivity contribution < 1.29 is 19.1 Å². The number of benzene rings is 2. The summed E-state index contributed by atoms with van der Waals surface area (Å²) >= 11 is 0. The summed E-state index contributed by atoms with van der Waals surface area (Å²) in [5, 5.41) is 2.77. The van der Waals surface area contributed by atoms with E-state index in [1.54, 1.807) is 12.1 Å². The van der Waals surface area contributed by atoms with Gasteiger partial charge in [-0.25, -0.2) is 4.79 Å². The maximum atomic E-state index is 12.8. The van der Waals surface area contributed by atoms with Gasteiger partial charge in [0.05, 0.1) is 0 Å². The quantitative estimate of drug-likeness (QED) is 0.362. The standard InChI is InChI=1S/C30H39NO4/c1-20(2)27(31-28(33)24-15-17-25(18-16-24)30(3,4)5)29(34)35-19-26(32)23-13-11-22(12-14-23)21-9-7-6-8-10-21/h11-18,20-21,27H,6-10,19H2,1-5H3,(H,31,33). The van der Waals surface area contributed by atoms with E-state index in [9.17, 15) is 14.4 Å². The molecule has 0 bridgehead atoms. The average molecular weight is 478 g/mol. The van der Waals surface area contributed by atoms with Gasteiger partial charge in [0.2, 0.25) is 0 Å². The van der Waals surface area contributed by atoms with Gasteiger partial charge in [0.15, 0.2) is 12.4 Å². The van der Waals surface area contributed by atoms with Gasteiger partial charge in [-0.1, -0.05) is 90.3 Å². The van der Waals surface area contributed by atoms with E-state index in [-0.39, 0.29) is 29.6 Å². The molecule has 1 aliphatic rings. The molecule has 0 radical (unpaired) electrons. The minimum Gasteiger partial charge on any atom is -0.456 e. The van der Waals surface area contributed by atoms with Crippen LogP contribution in [-0.4, -0.2) is 30.3 Å². The van der Waals surface area contributed by atoms with Crippen LogP contribution in [0.3, 0.4) is 0 Å². The van der Waals surface area contributed by atoms with Gasteiger partial charge in [-0.15, -0.1) is 0 Å². The van der Waals surface area contributed by atoms with Crippen LogP contribution in [0.5, 0.6) is 0 Å². The lowest BCUT2D eigenvalue weighted by molar-refractivity contribution is -0.145. The molecule has 1 amide bonds. The van der Waals surface area contributed by atoms with Crippen LogP contribution in [0.4, 0.5) is 0 Å². The Labute approximate surface area is 209 Å². The summed E-state index contributed by atoms with van der Waals surface area (Å²) in [6, 6.07) is 14.2. The highest BCUT2D eigenvalue weighted by molar-refractivity contribution is 5.99. The molecule has 1 unspecified atom stereocenters. The summed E-state index contributed by atoms with van der Waals surface area (Å²) in [5.41, 5.74) is 3.39. The molecule has 0 heterocycles. The van der Waals surface area contributed by atoms with Gasteiger partial charge in [-0.05, 0) is 53.4 Å². The number of ketones is 1. The van der Waals surface area contributed by atoms with Gasteiger partial charge in [-0.3, -0.25) is 9.59 Å². The second-order valence-electron chi connectivity index (χ2n) is 11.0. The fourth-order valence-corrected chi connectivity index (χ4v) is 4.53. The van der Waals surface area contributed by atoms with Crippen LogP contribution < -0.4 is 5.32 Å². The number of carbonyl (C=O) groups excluding carboxylic acids is 3. The van der Waals surface area contributed by atoms with Gasteiger partial charge in [0, 0.05) is 11.1 Å². The Morgan fingerprint density at radius 2 is 1.46 bits per heavy atom. The Balaban J connectivity index is 1.56. The Hall–Kier alpha value is -2.95. The summed E-state index contributed by atoms with van der Waals surface area (Å²) in [4.78, 5) is 38.1. The number of nitrogens with one attached hydrogen (secondary N) is 1. The number of ether oxygens (including phenoxy) is 1. The number of hydrogen-bond donors (Lipinski definition) is 1. The molecule has 1 saturated carbocycles. The van der Waals surface area contributed by atoms with Crippen molar-refractivity contribution in [3.05, 3.63) is 70.8 Å². The van der Waals surface area contributed by atoms with Gasteiger partial charge < -0.3 is 10.1 Å². The molecule has 1 atom stereocenters. The highest BCUT2D eigenvalue weighted by Gasteiger charge is 2.27. The van der Waals surface area contributed by atoms with Crippen molar-refractivity contribution in [3.8, 4) is 0 Å². The zero-order chi connectivity index (χ0) is 25.6. The largest absolute Gasteiger partial charge is 0.456 e. The fourth-order valence-electron chi connectivity index (χ4n) is 4.53. The summed E-state index contributed by atoms with van der Waals surface area (Å²) < 4.78 is 5.33. The lowest BCUT2D eigenvalue weighted by Gasteiger charge is -2.22. The van der Waals surface area contributed by atoms with E-state index in [2.05, 4.69) is 26.1 Å². The van der Waals surface area contributed by atoms with Crippen molar-refractivity contribution in [1.29, 1.82) is 0 Å². The summed E-state index contributed by atoms with van der Waals surface area (Å²) in [7, 11) is 0. The Morgan fingerprint density at radius 1 is 0.886 bits per heavy atom. The molecule has 0 saturated heterocycles. The summed E-state index contributed by atoms with van der Waals surface area (Å²) in [6.45, 7) is 9.65. The van der Waals surface area contributed by atoms with Crippen molar-refractivity contribution in [2.24, 2.45) is 5.92 Å². The van der Waals surface area contributed by atoms with E-state index >= 15 is 0 Å². The second kappa shape index (κ2) is 11.7. The number of hydrogen-bond acceptors (Lipinski definition) is 4. The SMILES string of the molecule is CC(C)C(NC(=O)c1ccc(C(C)(C)C)cc1)C(=O)OCC(=O)c1ccc(C2CCCCC2)cc1. The van der Waals surface area contributed by atoms with Gasteiger partial charge in [0.25, 0.3) is 5.91 Å². The normalized spacial score (nSPS) is 15.5. The lowest BCUT2D eigenvalue weighted by Crippen LogP contribution is -2.45. The van der Waals surface area contributed by atoms with E-state index in [4.69, 9.17) is 4.74 Å². The van der Waals surface area contributed by atoms with E-state index in [0.717, 1.165) is 5.56 Å². The Morgan fingerprint density at radius 3 is 2.00 bits per heavy atom. The minimum absolute atomic E-state index is 0.0119. The molecule has 1 fully saturated rings. The molecule has 3 rings (SSSR count). The molecular weight excluding hydrogens is 438 g/mol. The van der Waals surface area contributed by atoms with Crippen LogP contribution in [0.25, 0.3) is 0 Å². The molecule has 5 nitrogen and oxygen atoms in total. The van der Waals surface area contributed by atoms with E-state index in [1.807, 2.05) is 50.2 Å². The fraction of sp³-hybridized carbons (Fsp3) is 0.500. The molecule has 2 aromatic rings. The zero-order valence-corrected chi connectivity index (χ0v) is 21.7. The summed E-state index contributed by atoms with van der Waals surface area (Å²) in [5.74, 6) is -0.811. The van der Waals surface area contributed by atoms with Crippen LogP contribution in [0, 0.1) is 5.92 Å². The molecule has 5 heteroatoms. The molecule has 188 valence electrons. The van der Waals surface area contributed by atoms with Gasteiger partial charge >= 0.3 is 5.97 Å². The smallest absolute Gasteiger partial charge is 0.329 e. The number of carbonyl (C=O) groups is 3. The topological polar surface area (TPSA) is 72.5 Å². The minimum atomic E-state index is -0.841. The average Bonchev–Trinajstić information content (AvgIpc) is 2.85. The molecule has 1 N–H and O–H groups in total. The first-order valence-electron chi connectivity index (χ1n) is 12.8. The molecule has 1 aliphatic carbocycles. The predicted molar refractivity (Wildman–Crippen MR) is 139 cm³/mol. The number of amides is 1. The third-order valence-electron chi connectivity index (χ3n) is 6.88. The second-order valence-corrected chi connectivity index (χ2v) is 11.0. The van der Waals surface area contributed by atoms with Crippen molar-refractivity contribution in [1.82, 2.24) is 5.32 Å². The van der Waals surface area contributed by atoms with Crippen LogP contribution in [0.15, 0.2) is 48.5 Å².